The number of nitrogens with zero attached hydrogens (tertiary/aromatic N) is 1. The van der Waals surface area contributed by atoms with E-state index in [9.17, 15) is 4.79 Å². The van der Waals surface area contributed by atoms with Gasteiger partial charge in [0.05, 0.1) is 0 Å². The van der Waals surface area contributed by atoms with E-state index < -0.39 is 0 Å². The van der Waals surface area contributed by atoms with Gasteiger partial charge in [-0.25, -0.2) is 0 Å². The standard InChI is InChI=1S/C22H28N2O3/c1-2-24-14-12-19(13-15-24)23-22(25)17-27-21-10-8-20(9-11-21)26-16-18-6-4-3-5-7-18/h3-11,19H,2,12-17H2,1H3,(H,23,25). The fourth-order valence-corrected chi connectivity index (χ4v) is 3.18. The molecule has 27 heavy (non-hydrogen) atoms. The normalized spacial score (nSPS) is 15.3. The SMILES string of the molecule is CCN1CCC(NC(=O)COc2ccc(OCc3ccccc3)cc2)CC1. The molecule has 1 saturated heterocycles. The molecule has 3 rings (SSSR count). The molecular weight excluding hydrogens is 340 g/mol. The zero-order valence-corrected chi connectivity index (χ0v) is 15.9. The molecule has 1 aliphatic rings. The minimum Gasteiger partial charge on any atom is -0.489 e. The highest BCUT2D eigenvalue weighted by atomic mass is 16.5. The van der Waals surface area contributed by atoms with Crippen LogP contribution in [0.2, 0.25) is 0 Å². The van der Waals surface area contributed by atoms with Gasteiger partial charge in [-0.1, -0.05) is 37.3 Å². The summed E-state index contributed by atoms with van der Waals surface area (Å²) >= 11 is 0. The number of hydrogen-bond donors (Lipinski definition) is 1. The molecule has 1 fully saturated rings. The van der Waals surface area contributed by atoms with E-state index in [-0.39, 0.29) is 18.6 Å². The predicted octanol–water partition coefficient (Wildman–Crippen LogP) is 3.24. The molecule has 0 aliphatic carbocycles. The summed E-state index contributed by atoms with van der Waals surface area (Å²) in [5.41, 5.74) is 1.12. The Hall–Kier alpha value is -2.53. The third kappa shape index (κ3) is 6.29. The summed E-state index contributed by atoms with van der Waals surface area (Å²) in [5.74, 6) is 1.38. The molecule has 0 bridgehead atoms. The van der Waals surface area contributed by atoms with Crippen LogP contribution in [0.1, 0.15) is 25.3 Å². The molecule has 0 radical (unpaired) electrons. The lowest BCUT2D eigenvalue weighted by Gasteiger charge is -2.31. The van der Waals surface area contributed by atoms with Crippen molar-refractivity contribution in [2.24, 2.45) is 0 Å². The van der Waals surface area contributed by atoms with Crippen molar-refractivity contribution in [1.82, 2.24) is 10.2 Å². The summed E-state index contributed by atoms with van der Waals surface area (Å²) in [4.78, 5) is 14.5. The topological polar surface area (TPSA) is 50.8 Å². The molecule has 2 aromatic rings. The Bertz CT molecular complexity index is 695. The first-order valence-corrected chi connectivity index (χ1v) is 9.64. The average molecular weight is 368 g/mol. The number of ether oxygens (including phenoxy) is 2. The van der Waals surface area contributed by atoms with Crippen LogP contribution in [0.15, 0.2) is 54.6 Å². The number of amides is 1. The Morgan fingerprint density at radius 2 is 1.63 bits per heavy atom. The second-order valence-corrected chi connectivity index (χ2v) is 6.81. The number of benzene rings is 2. The van der Waals surface area contributed by atoms with Gasteiger partial charge in [-0.2, -0.15) is 0 Å². The molecule has 0 saturated carbocycles. The van der Waals surface area contributed by atoms with E-state index in [2.05, 4.69) is 17.1 Å². The first-order chi connectivity index (χ1) is 13.2. The molecule has 1 N–H and O–H groups in total. The van der Waals surface area contributed by atoms with Crippen molar-refractivity contribution in [2.75, 3.05) is 26.2 Å². The van der Waals surface area contributed by atoms with Crippen LogP contribution in [0.5, 0.6) is 11.5 Å². The van der Waals surface area contributed by atoms with Crippen molar-refractivity contribution >= 4 is 5.91 Å². The Morgan fingerprint density at radius 3 is 2.26 bits per heavy atom. The number of likely N-dealkylation sites (tertiary alicyclic amines) is 1. The average Bonchev–Trinajstić information content (AvgIpc) is 2.73. The summed E-state index contributed by atoms with van der Waals surface area (Å²) < 4.78 is 11.3. The van der Waals surface area contributed by atoms with Crippen LogP contribution in [-0.4, -0.2) is 43.1 Å². The van der Waals surface area contributed by atoms with E-state index in [0.717, 1.165) is 43.8 Å². The van der Waals surface area contributed by atoms with Gasteiger partial charge in [-0.15, -0.1) is 0 Å². The quantitative estimate of drug-likeness (QED) is 0.777. The molecule has 144 valence electrons. The van der Waals surface area contributed by atoms with E-state index in [4.69, 9.17) is 9.47 Å². The summed E-state index contributed by atoms with van der Waals surface area (Å²) in [6, 6.07) is 17.7. The molecule has 1 amide bonds. The lowest BCUT2D eigenvalue weighted by atomic mass is 10.1. The predicted molar refractivity (Wildman–Crippen MR) is 106 cm³/mol. The molecule has 1 aliphatic heterocycles. The number of hydrogen-bond acceptors (Lipinski definition) is 4. The van der Waals surface area contributed by atoms with Gasteiger partial charge in [-0.05, 0) is 49.2 Å². The van der Waals surface area contributed by atoms with Crippen molar-refractivity contribution in [3.05, 3.63) is 60.2 Å². The smallest absolute Gasteiger partial charge is 0.258 e. The van der Waals surface area contributed by atoms with Gasteiger partial charge >= 0.3 is 0 Å². The molecule has 1 heterocycles. The zero-order chi connectivity index (χ0) is 18.9. The first-order valence-electron chi connectivity index (χ1n) is 9.64. The minimum absolute atomic E-state index is 0.0399. The molecule has 0 aromatic heterocycles. The van der Waals surface area contributed by atoms with Crippen LogP contribution < -0.4 is 14.8 Å². The molecule has 0 unspecified atom stereocenters. The first kappa shape index (κ1) is 19.2. The number of carbonyl (C=O) groups excluding carboxylic acids is 1. The van der Waals surface area contributed by atoms with E-state index in [1.165, 1.54) is 0 Å². The summed E-state index contributed by atoms with van der Waals surface area (Å²) in [6.45, 7) is 5.91. The lowest BCUT2D eigenvalue weighted by molar-refractivity contribution is -0.124. The van der Waals surface area contributed by atoms with Gasteiger partial charge in [0.15, 0.2) is 6.61 Å². The van der Waals surface area contributed by atoms with Crippen LogP contribution in [0, 0.1) is 0 Å². The van der Waals surface area contributed by atoms with Crippen LogP contribution in [0.3, 0.4) is 0 Å². The molecule has 0 atom stereocenters. The maximum absolute atomic E-state index is 12.1. The fraction of sp³-hybridized carbons (Fsp3) is 0.409. The minimum atomic E-state index is -0.0608. The number of nitrogens with one attached hydrogen (secondary N) is 1. The number of rotatable bonds is 8. The van der Waals surface area contributed by atoms with E-state index in [1.807, 2.05) is 54.6 Å². The third-order valence-electron chi connectivity index (χ3n) is 4.84. The van der Waals surface area contributed by atoms with Crippen molar-refractivity contribution in [1.29, 1.82) is 0 Å². The maximum atomic E-state index is 12.1. The van der Waals surface area contributed by atoms with Crippen LogP contribution in [0.4, 0.5) is 0 Å². The van der Waals surface area contributed by atoms with Crippen molar-refractivity contribution < 1.29 is 14.3 Å². The molecule has 0 spiro atoms. The van der Waals surface area contributed by atoms with Crippen molar-refractivity contribution in [3.63, 3.8) is 0 Å². The fourth-order valence-electron chi connectivity index (χ4n) is 3.18. The molecular formula is C22H28N2O3. The van der Waals surface area contributed by atoms with E-state index >= 15 is 0 Å². The van der Waals surface area contributed by atoms with Crippen LogP contribution in [0.25, 0.3) is 0 Å². The van der Waals surface area contributed by atoms with Crippen LogP contribution >= 0.6 is 0 Å². The van der Waals surface area contributed by atoms with Crippen molar-refractivity contribution in [2.45, 2.75) is 32.4 Å². The zero-order valence-electron chi connectivity index (χ0n) is 15.9. The van der Waals surface area contributed by atoms with Gasteiger partial charge in [-0.3, -0.25) is 4.79 Å². The number of piperidine rings is 1. The number of carbonyl (C=O) groups is 1. The second-order valence-electron chi connectivity index (χ2n) is 6.81. The Balaban J connectivity index is 1.37. The van der Waals surface area contributed by atoms with Gasteiger partial charge in [0.2, 0.25) is 0 Å². The highest BCUT2D eigenvalue weighted by molar-refractivity contribution is 5.77. The second kappa shape index (κ2) is 9.97. The molecule has 2 aromatic carbocycles. The lowest BCUT2D eigenvalue weighted by Crippen LogP contribution is -2.45. The van der Waals surface area contributed by atoms with Gasteiger partial charge in [0.1, 0.15) is 18.1 Å². The third-order valence-corrected chi connectivity index (χ3v) is 4.84. The monoisotopic (exact) mass is 368 g/mol. The van der Waals surface area contributed by atoms with Gasteiger partial charge in [0.25, 0.3) is 5.91 Å². The molecule has 5 nitrogen and oxygen atoms in total. The summed E-state index contributed by atoms with van der Waals surface area (Å²) in [6.07, 6.45) is 2.01. The van der Waals surface area contributed by atoms with Gasteiger partial charge < -0.3 is 19.7 Å². The molecule has 5 heteroatoms. The Morgan fingerprint density at radius 1 is 1.00 bits per heavy atom. The summed E-state index contributed by atoms with van der Waals surface area (Å²) in [7, 11) is 0. The maximum Gasteiger partial charge on any atom is 0.258 e. The largest absolute Gasteiger partial charge is 0.489 e. The highest BCUT2D eigenvalue weighted by Gasteiger charge is 2.19. The Kier molecular flexibility index (Phi) is 7.11. The van der Waals surface area contributed by atoms with Gasteiger partial charge in [0, 0.05) is 19.1 Å². The Labute approximate surface area is 161 Å². The van der Waals surface area contributed by atoms with E-state index in [1.54, 1.807) is 0 Å². The van der Waals surface area contributed by atoms with Crippen molar-refractivity contribution in [3.8, 4) is 11.5 Å². The van der Waals surface area contributed by atoms with Crippen LogP contribution in [-0.2, 0) is 11.4 Å². The van der Waals surface area contributed by atoms with E-state index in [0.29, 0.717) is 12.4 Å². The summed E-state index contributed by atoms with van der Waals surface area (Å²) in [5, 5.41) is 3.07. The highest BCUT2D eigenvalue weighted by Crippen LogP contribution is 2.18.